The van der Waals surface area contributed by atoms with Crippen LogP contribution >= 0.6 is 0 Å². The Hall–Kier alpha value is -3.88. The smallest absolute Gasteiger partial charge is 0.347 e. The molecule has 3 rings (SSSR count). The molecule has 0 unspecified atom stereocenters. The minimum atomic E-state index is -1.33. The molecule has 1 heterocycles. The van der Waals surface area contributed by atoms with E-state index in [9.17, 15) is 19.5 Å². The number of unbranched alkanes of at least 4 members (excludes halogenated alkanes) is 4. The first-order valence-electron chi connectivity index (χ1n) is 14.1. The zero-order valence-corrected chi connectivity index (χ0v) is 24.1. The van der Waals surface area contributed by atoms with E-state index in [2.05, 4.69) is 24.2 Å². The Balaban J connectivity index is 1.81. The molecule has 9 nitrogen and oxygen atoms in total. The van der Waals surface area contributed by atoms with Crippen molar-refractivity contribution in [2.24, 2.45) is 7.05 Å². The van der Waals surface area contributed by atoms with Crippen LogP contribution in [0, 0.1) is 0 Å². The van der Waals surface area contributed by atoms with Gasteiger partial charge in [-0.15, -0.1) is 5.10 Å². The molecule has 0 atom stereocenters. The van der Waals surface area contributed by atoms with Gasteiger partial charge >= 0.3 is 11.7 Å². The molecule has 0 radical (unpaired) electrons. The highest BCUT2D eigenvalue weighted by atomic mass is 16.5. The van der Waals surface area contributed by atoms with E-state index in [0.29, 0.717) is 31.8 Å². The predicted octanol–water partition coefficient (Wildman–Crippen LogP) is 4.45. The number of carboxylic acid groups (broad SMARTS) is 1. The second-order valence-electron chi connectivity index (χ2n) is 10.6. The molecule has 0 aliphatic carbocycles. The van der Waals surface area contributed by atoms with Gasteiger partial charge in [0, 0.05) is 26.7 Å². The second kappa shape index (κ2) is 14.5. The lowest BCUT2D eigenvalue weighted by Gasteiger charge is -2.24. The van der Waals surface area contributed by atoms with Crippen LogP contribution in [0.3, 0.4) is 0 Å². The van der Waals surface area contributed by atoms with Crippen LogP contribution in [-0.2, 0) is 31.2 Å². The summed E-state index contributed by atoms with van der Waals surface area (Å²) >= 11 is 0. The summed E-state index contributed by atoms with van der Waals surface area (Å²) in [7, 11) is 1.59. The van der Waals surface area contributed by atoms with Gasteiger partial charge in [-0.25, -0.2) is 14.3 Å². The lowest BCUT2D eigenvalue weighted by atomic mass is 10.1. The molecule has 0 aliphatic rings. The third-order valence-electron chi connectivity index (χ3n) is 6.97. The van der Waals surface area contributed by atoms with E-state index in [1.807, 2.05) is 35.2 Å². The molecule has 0 bridgehead atoms. The van der Waals surface area contributed by atoms with E-state index < -0.39 is 17.3 Å². The fourth-order valence-electron chi connectivity index (χ4n) is 4.44. The number of hydrogen-bond donors (Lipinski definition) is 1. The van der Waals surface area contributed by atoms with Gasteiger partial charge in [0.05, 0.1) is 0 Å². The number of ether oxygens (including phenoxy) is 1. The Kier molecular flexibility index (Phi) is 11.1. The highest BCUT2D eigenvalue weighted by molar-refractivity contribution is 5.76. The van der Waals surface area contributed by atoms with Gasteiger partial charge in [-0.3, -0.25) is 9.36 Å². The molecule has 9 heteroatoms. The third kappa shape index (κ3) is 8.56. The molecule has 1 aromatic heterocycles. The highest BCUT2D eigenvalue weighted by Gasteiger charge is 2.29. The Morgan fingerprint density at radius 1 is 0.925 bits per heavy atom. The number of aliphatic carboxylic acids is 1. The normalized spacial score (nSPS) is 11.4. The molecule has 0 amide bonds. The largest absolute Gasteiger partial charge is 0.478 e. The molecule has 0 spiro atoms. The third-order valence-corrected chi connectivity index (χ3v) is 6.97. The van der Waals surface area contributed by atoms with Crippen molar-refractivity contribution in [1.82, 2.24) is 14.3 Å². The summed E-state index contributed by atoms with van der Waals surface area (Å²) in [5.41, 5.74) is 0.0708. The van der Waals surface area contributed by atoms with Crippen LogP contribution in [0.15, 0.2) is 64.2 Å². The summed E-state index contributed by atoms with van der Waals surface area (Å²) in [5, 5.41) is 13.7. The molecular formula is C31H42N4O5. The number of aryl methyl sites for hydroxylation is 1. The van der Waals surface area contributed by atoms with Crippen molar-refractivity contribution in [2.45, 2.75) is 77.9 Å². The molecule has 40 heavy (non-hydrogen) atoms. The average molecular weight is 551 g/mol. The van der Waals surface area contributed by atoms with E-state index in [4.69, 9.17) is 4.74 Å². The number of nitrogens with zero attached hydrogens (tertiary/aromatic N) is 4. The first kappa shape index (κ1) is 30.7. The molecule has 0 aliphatic heterocycles. The summed E-state index contributed by atoms with van der Waals surface area (Å²) in [4.78, 5) is 39.7. The van der Waals surface area contributed by atoms with Gasteiger partial charge in [0.1, 0.15) is 5.75 Å². The van der Waals surface area contributed by atoms with Gasteiger partial charge in [-0.05, 0) is 56.4 Å². The number of carboxylic acids is 1. The van der Waals surface area contributed by atoms with Crippen molar-refractivity contribution in [3.63, 3.8) is 0 Å². The maximum Gasteiger partial charge on any atom is 0.347 e. The van der Waals surface area contributed by atoms with Gasteiger partial charge in [0.2, 0.25) is 5.82 Å². The predicted molar refractivity (Wildman–Crippen MR) is 157 cm³/mol. The molecule has 0 saturated heterocycles. The van der Waals surface area contributed by atoms with Crippen LogP contribution in [0.4, 0.5) is 5.82 Å². The summed E-state index contributed by atoms with van der Waals surface area (Å²) in [5.74, 6) is -0.296. The summed E-state index contributed by atoms with van der Waals surface area (Å²) in [6.07, 6.45) is 6.46. The Bertz CT molecular complexity index is 1350. The molecule has 3 aromatic rings. The summed E-state index contributed by atoms with van der Waals surface area (Å²) < 4.78 is 8.19. The number of anilines is 1. The average Bonchev–Trinajstić information content (AvgIpc) is 2.93. The topological polar surface area (TPSA) is 107 Å². The minimum absolute atomic E-state index is 0.273. The Morgan fingerprint density at radius 3 is 2.12 bits per heavy atom. The molecule has 0 saturated carbocycles. The van der Waals surface area contributed by atoms with Crippen LogP contribution in [0.1, 0.15) is 64.0 Å². The van der Waals surface area contributed by atoms with E-state index in [0.717, 1.165) is 49.7 Å². The lowest BCUT2D eigenvalue weighted by molar-refractivity contribution is -0.152. The van der Waals surface area contributed by atoms with Gasteiger partial charge in [-0.2, -0.15) is 0 Å². The van der Waals surface area contributed by atoms with Crippen molar-refractivity contribution in [1.29, 1.82) is 0 Å². The van der Waals surface area contributed by atoms with Gasteiger partial charge in [0.15, 0.2) is 5.60 Å². The second-order valence-corrected chi connectivity index (χ2v) is 10.6. The minimum Gasteiger partial charge on any atom is -0.478 e. The van der Waals surface area contributed by atoms with Crippen molar-refractivity contribution < 1.29 is 14.6 Å². The van der Waals surface area contributed by atoms with Crippen LogP contribution in [0.2, 0.25) is 0 Å². The number of aromatic nitrogens is 3. The van der Waals surface area contributed by atoms with Crippen LogP contribution in [-0.4, -0.2) is 44.1 Å². The molecule has 0 fully saturated rings. The first-order valence-corrected chi connectivity index (χ1v) is 14.1. The monoisotopic (exact) mass is 550 g/mol. The van der Waals surface area contributed by atoms with E-state index in [1.54, 1.807) is 19.2 Å². The van der Waals surface area contributed by atoms with Crippen LogP contribution < -0.4 is 20.9 Å². The van der Waals surface area contributed by atoms with Crippen molar-refractivity contribution in [3.05, 3.63) is 86.6 Å². The van der Waals surface area contributed by atoms with Crippen molar-refractivity contribution >= 4 is 11.8 Å². The maximum absolute atomic E-state index is 13.5. The molecular weight excluding hydrogens is 508 g/mol. The fraction of sp³-hybridized carbons (Fsp3) is 0.484. The quantitative estimate of drug-likeness (QED) is 0.263. The maximum atomic E-state index is 13.5. The summed E-state index contributed by atoms with van der Waals surface area (Å²) in [6, 6.07) is 17.4. The fourth-order valence-corrected chi connectivity index (χ4v) is 4.44. The Labute approximate surface area is 236 Å². The van der Waals surface area contributed by atoms with Crippen molar-refractivity contribution in [3.8, 4) is 5.75 Å². The standard InChI is InChI=1S/C31H42N4O5/c1-5-6-7-8-12-21-35-28(36)27(32-33(4)30(35)39)34(22-19-24-13-10-9-11-14-24)23-20-25-15-17-26(18-16-25)40-31(2,3)29(37)38/h9-11,13-18H,5-8,12,19-23H2,1-4H3,(H,37,38). The number of carbonyl (C=O) groups is 1. The summed E-state index contributed by atoms with van der Waals surface area (Å²) in [6.45, 7) is 6.63. The zero-order chi connectivity index (χ0) is 29.1. The number of hydrogen-bond acceptors (Lipinski definition) is 6. The van der Waals surface area contributed by atoms with Gasteiger partial charge in [-0.1, -0.05) is 75.1 Å². The number of benzene rings is 2. The molecule has 216 valence electrons. The van der Waals surface area contributed by atoms with Crippen molar-refractivity contribution in [2.75, 3.05) is 18.0 Å². The van der Waals surface area contributed by atoms with Crippen LogP contribution in [0.5, 0.6) is 5.75 Å². The van der Waals surface area contributed by atoms with E-state index >= 15 is 0 Å². The first-order chi connectivity index (χ1) is 19.1. The molecule has 2 aromatic carbocycles. The van der Waals surface area contributed by atoms with Crippen LogP contribution in [0.25, 0.3) is 0 Å². The van der Waals surface area contributed by atoms with Gasteiger partial charge in [0.25, 0.3) is 5.56 Å². The highest BCUT2D eigenvalue weighted by Crippen LogP contribution is 2.20. The lowest BCUT2D eigenvalue weighted by Crippen LogP contribution is -2.45. The van der Waals surface area contributed by atoms with Gasteiger partial charge < -0.3 is 14.7 Å². The zero-order valence-electron chi connectivity index (χ0n) is 24.1. The SMILES string of the molecule is CCCCCCCn1c(=O)c(N(CCc2ccccc2)CCc2ccc(OC(C)(C)C(=O)O)cc2)nn(C)c1=O. The van der Waals surface area contributed by atoms with E-state index in [1.165, 1.54) is 23.1 Å². The Morgan fingerprint density at radius 2 is 1.52 bits per heavy atom. The number of rotatable bonds is 16. The van der Waals surface area contributed by atoms with E-state index in [-0.39, 0.29) is 11.4 Å². The molecule has 1 N–H and O–H groups in total.